The first-order chi connectivity index (χ1) is 16.4. The normalized spacial score (nSPS) is 10.8. The first-order valence-electron chi connectivity index (χ1n) is 10.5. The zero-order valence-corrected chi connectivity index (χ0v) is 20.4. The number of nitrogens with one attached hydrogen (secondary N) is 1. The maximum atomic E-state index is 12.2. The van der Waals surface area contributed by atoms with Crippen molar-refractivity contribution in [3.05, 3.63) is 97.5 Å². The summed E-state index contributed by atoms with van der Waals surface area (Å²) in [6, 6.07) is 17.6. The van der Waals surface area contributed by atoms with E-state index in [9.17, 15) is 14.9 Å². The molecule has 0 heterocycles. The van der Waals surface area contributed by atoms with Crippen molar-refractivity contribution in [3.63, 3.8) is 0 Å². The number of nitrogens with zero attached hydrogens (tertiary/aromatic N) is 2. The lowest BCUT2D eigenvalue weighted by Gasteiger charge is -2.13. The van der Waals surface area contributed by atoms with Crippen LogP contribution in [0.5, 0.6) is 11.5 Å². The third kappa shape index (κ3) is 6.89. The van der Waals surface area contributed by atoms with Crippen LogP contribution in [0.3, 0.4) is 0 Å². The molecular weight excluding hydrogens is 502 g/mol. The number of nitro groups is 1. The average molecular weight is 526 g/mol. The summed E-state index contributed by atoms with van der Waals surface area (Å²) in [6.07, 6.45) is 2.71. The maximum Gasteiger partial charge on any atom is 0.269 e. The fraction of sp³-hybridized carbons (Fsp3) is 0.200. The molecule has 0 unspecified atom stereocenters. The molecule has 0 aliphatic rings. The summed E-state index contributed by atoms with van der Waals surface area (Å²) < 4.78 is 11.9. The number of ether oxygens (including phenoxy) is 2. The van der Waals surface area contributed by atoms with Crippen molar-refractivity contribution in [2.75, 3.05) is 7.11 Å². The summed E-state index contributed by atoms with van der Waals surface area (Å²) in [5, 5.41) is 14.8. The number of carbonyl (C=O) groups is 1. The van der Waals surface area contributed by atoms with Crippen LogP contribution in [0.2, 0.25) is 0 Å². The van der Waals surface area contributed by atoms with E-state index in [2.05, 4.69) is 33.4 Å². The van der Waals surface area contributed by atoms with Crippen LogP contribution in [-0.4, -0.2) is 24.2 Å². The third-order valence-electron chi connectivity index (χ3n) is 4.98. The van der Waals surface area contributed by atoms with E-state index >= 15 is 0 Å². The average Bonchev–Trinajstić information content (AvgIpc) is 2.83. The van der Waals surface area contributed by atoms with Gasteiger partial charge in [-0.3, -0.25) is 14.9 Å². The molecule has 0 saturated heterocycles. The van der Waals surface area contributed by atoms with Gasteiger partial charge in [-0.1, -0.05) is 31.2 Å². The molecule has 34 heavy (non-hydrogen) atoms. The fourth-order valence-corrected chi connectivity index (χ4v) is 3.69. The van der Waals surface area contributed by atoms with Gasteiger partial charge in [0, 0.05) is 12.1 Å². The predicted molar refractivity (Wildman–Crippen MR) is 133 cm³/mol. The van der Waals surface area contributed by atoms with Gasteiger partial charge >= 0.3 is 0 Å². The highest BCUT2D eigenvalue weighted by Crippen LogP contribution is 2.37. The van der Waals surface area contributed by atoms with E-state index in [1.165, 1.54) is 31.0 Å². The van der Waals surface area contributed by atoms with Crippen molar-refractivity contribution in [2.45, 2.75) is 26.4 Å². The Morgan fingerprint density at radius 3 is 2.35 bits per heavy atom. The lowest BCUT2D eigenvalue weighted by molar-refractivity contribution is -0.384. The minimum Gasteiger partial charge on any atom is -0.493 e. The molecule has 0 fully saturated rings. The van der Waals surface area contributed by atoms with Gasteiger partial charge < -0.3 is 9.47 Å². The van der Waals surface area contributed by atoms with Gasteiger partial charge in [-0.25, -0.2) is 5.43 Å². The van der Waals surface area contributed by atoms with Crippen LogP contribution in [0.25, 0.3) is 0 Å². The number of amides is 1. The second-order valence-corrected chi connectivity index (χ2v) is 8.24. The number of benzene rings is 3. The number of hydrazone groups is 1. The number of carbonyl (C=O) groups excluding carboxylic acids is 1. The van der Waals surface area contributed by atoms with E-state index in [1.807, 2.05) is 24.3 Å². The smallest absolute Gasteiger partial charge is 0.269 e. The van der Waals surface area contributed by atoms with E-state index in [1.54, 1.807) is 24.3 Å². The Hall–Kier alpha value is -3.72. The molecule has 0 bridgehead atoms. The Morgan fingerprint density at radius 1 is 1.09 bits per heavy atom. The Kier molecular flexibility index (Phi) is 8.75. The number of hydrogen-bond acceptors (Lipinski definition) is 6. The summed E-state index contributed by atoms with van der Waals surface area (Å²) in [6.45, 7) is 2.29. The Balaban J connectivity index is 1.61. The minimum atomic E-state index is -0.448. The van der Waals surface area contributed by atoms with Crippen LogP contribution in [0.4, 0.5) is 5.69 Å². The SMILES string of the molecule is CCc1ccc(CC(=O)N/N=C/c2cc(Br)c(OCc3ccc([N+](=O)[O-])cc3)c(OC)c2)cc1. The van der Waals surface area contributed by atoms with Gasteiger partial charge in [0.1, 0.15) is 6.61 Å². The van der Waals surface area contributed by atoms with Crippen molar-refractivity contribution < 1.29 is 19.2 Å². The van der Waals surface area contributed by atoms with Crippen molar-refractivity contribution in [2.24, 2.45) is 5.10 Å². The topological polar surface area (TPSA) is 103 Å². The van der Waals surface area contributed by atoms with Gasteiger partial charge in [0.05, 0.1) is 29.1 Å². The van der Waals surface area contributed by atoms with Crippen LogP contribution in [0.1, 0.15) is 29.2 Å². The van der Waals surface area contributed by atoms with Crippen LogP contribution in [0.15, 0.2) is 70.2 Å². The summed E-state index contributed by atoms with van der Waals surface area (Å²) in [7, 11) is 1.52. The van der Waals surface area contributed by atoms with Crippen LogP contribution >= 0.6 is 15.9 Å². The zero-order chi connectivity index (χ0) is 24.5. The molecule has 1 N–H and O–H groups in total. The Bertz CT molecular complexity index is 1180. The Morgan fingerprint density at radius 2 is 1.74 bits per heavy atom. The number of hydrogen-bond donors (Lipinski definition) is 1. The minimum absolute atomic E-state index is 0.0210. The molecule has 1 amide bonds. The van der Waals surface area contributed by atoms with Gasteiger partial charge in [0.2, 0.25) is 5.91 Å². The lowest BCUT2D eigenvalue weighted by atomic mass is 10.1. The quantitative estimate of drug-likeness (QED) is 0.222. The number of methoxy groups -OCH3 is 1. The largest absolute Gasteiger partial charge is 0.493 e. The van der Waals surface area contributed by atoms with Crippen LogP contribution < -0.4 is 14.9 Å². The fourth-order valence-electron chi connectivity index (χ4n) is 3.12. The molecule has 0 atom stereocenters. The molecule has 9 heteroatoms. The highest BCUT2D eigenvalue weighted by Gasteiger charge is 2.12. The monoisotopic (exact) mass is 525 g/mol. The molecule has 0 aliphatic heterocycles. The first kappa shape index (κ1) is 24.9. The van der Waals surface area contributed by atoms with Crippen LogP contribution in [0, 0.1) is 10.1 Å². The van der Waals surface area contributed by atoms with Crippen LogP contribution in [-0.2, 0) is 24.2 Å². The zero-order valence-electron chi connectivity index (χ0n) is 18.8. The van der Waals surface area contributed by atoms with Gasteiger partial charge in [-0.05, 0) is 68.9 Å². The van der Waals surface area contributed by atoms with Gasteiger partial charge in [-0.15, -0.1) is 0 Å². The number of halogens is 1. The van der Waals surface area contributed by atoms with E-state index in [4.69, 9.17) is 9.47 Å². The van der Waals surface area contributed by atoms with Gasteiger partial charge in [-0.2, -0.15) is 5.10 Å². The first-order valence-corrected chi connectivity index (χ1v) is 11.3. The van der Waals surface area contributed by atoms with Crippen molar-refractivity contribution in [3.8, 4) is 11.5 Å². The van der Waals surface area contributed by atoms with Crippen molar-refractivity contribution in [1.29, 1.82) is 0 Å². The summed E-state index contributed by atoms with van der Waals surface area (Å²) in [4.78, 5) is 22.5. The molecule has 0 radical (unpaired) electrons. The molecule has 3 aromatic carbocycles. The molecule has 0 saturated carbocycles. The number of nitro benzene ring substituents is 1. The van der Waals surface area contributed by atoms with E-state index in [-0.39, 0.29) is 24.6 Å². The van der Waals surface area contributed by atoms with E-state index < -0.39 is 4.92 Å². The number of rotatable bonds is 10. The van der Waals surface area contributed by atoms with Crippen molar-refractivity contribution in [1.82, 2.24) is 5.43 Å². The highest BCUT2D eigenvalue weighted by atomic mass is 79.9. The van der Waals surface area contributed by atoms with Gasteiger partial charge in [0.25, 0.3) is 5.69 Å². The molecule has 0 aliphatic carbocycles. The van der Waals surface area contributed by atoms with E-state index in [0.717, 1.165) is 17.5 Å². The molecular formula is C25H24BrN3O5. The molecule has 176 valence electrons. The number of non-ortho nitro benzene ring substituents is 1. The predicted octanol–water partition coefficient (Wildman–Crippen LogP) is 5.20. The summed E-state index contributed by atoms with van der Waals surface area (Å²) >= 11 is 3.48. The molecule has 0 aromatic heterocycles. The third-order valence-corrected chi connectivity index (χ3v) is 5.57. The standard InChI is InChI=1S/C25H24BrN3O5/c1-3-17-4-6-18(7-5-17)14-24(30)28-27-15-20-12-22(26)25(23(13-20)33-2)34-16-19-8-10-21(11-9-19)29(31)32/h4-13,15H,3,14,16H2,1-2H3,(H,28,30)/b27-15+. The maximum absolute atomic E-state index is 12.2. The summed E-state index contributed by atoms with van der Waals surface area (Å²) in [5.41, 5.74) is 6.17. The highest BCUT2D eigenvalue weighted by molar-refractivity contribution is 9.10. The van der Waals surface area contributed by atoms with Gasteiger partial charge in [0.15, 0.2) is 11.5 Å². The van der Waals surface area contributed by atoms with Crippen molar-refractivity contribution >= 4 is 33.7 Å². The number of aryl methyl sites for hydroxylation is 1. The lowest BCUT2D eigenvalue weighted by Crippen LogP contribution is -2.19. The molecule has 0 spiro atoms. The second kappa shape index (κ2) is 11.9. The molecule has 3 aromatic rings. The summed E-state index contributed by atoms with van der Waals surface area (Å²) in [5.74, 6) is 0.743. The van der Waals surface area contributed by atoms with E-state index in [0.29, 0.717) is 21.5 Å². The molecule has 3 rings (SSSR count). The molecule has 8 nitrogen and oxygen atoms in total. The Labute approximate surface area is 205 Å². The second-order valence-electron chi connectivity index (χ2n) is 7.39.